The quantitative estimate of drug-likeness (QED) is 0.893. The molecular weight excluding hydrogens is 258 g/mol. The van der Waals surface area contributed by atoms with Crippen molar-refractivity contribution < 1.29 is 4.74 Å². The van der Waals surface area contributed by atoms with Crippen LogP contribution >= 0.6 is 0 Å². The van der Waals surface area contributed by atoms with E-state index in [1.807, 2.05) is 6.07 Å². The molecule has 0 radical (unpaired) electrons. The number of benzene rings is 1. The third-order valence-electron chi connectivity index (χ3n) is 2.94. The zero-order valence-electron chi connectivity index (χ0n) is 11.1. The molecule has 0 saturated carbocycles. The lowest BCUT2D eigenvalue weighted by Crippen LogP contribution is -2.31. The lowest BCUT2D eigenvalue weighted by Gasteiger charge is -2.10. The normalized spacial score (nSPS) is 10.1. The standard InChI is InChI=1S/C14H13N3O3/c1-9-7-17(14(19)16-13(9)18)8-11-5-10(6-15)3-4-12(11)20-2/h3-5,7H,8H2,1-2H3,(H,16,18,19). The molecule has 2 rings (SSSR count). The second-order valence-corrected chi connectivity index (χ2v) is 4.34. The molecule has 0 aliphatic heterocycles. The van der Waals surface area contributed by atoms with Gasteiger partial charge in [0, 0.05) is 17.3 Å². The first-order valence-corrected chi connectivity index (χ1v) is 5.92. The molecule has 0 fully saturated rings. The van der Waals surface area contributed by atoms with Crippen molar-refractivity contribution in [1.29, 1.82) is 5.26 Å². The predicted molar refractivity (Wildman–Crippen MR) is 72.9 cm³/mol. The minimum atomic E-state index is -0.495. The number of nitrogens with one attached hydrogen (secondary N) is 1. The van der Waals surface area contributed by atoms with E-state index in [4.69, 9.17) is 10.00 Å². The van der Waals surface area contributed by atoms with E-state index in [9.17, 15) is 9.59 Å². The van der Waals surface area contributed by atoms with Crippen LogP contribution in [0.25, 0.3) is 0 Å². The maximum atomic E-state index is 11.8. The van der Waals surface area contributed by atoms with Gasteiger partial charge in [0.05, 0.1) is 25.3 Å². The summed E-state index contributed by atoms with van der Waals surface area (Å²) >= 11 is 0. The van der Waals surface area contributed by atoms with Gasteiger partial charge in [-0.15, -0.1) is 0 Å². The SMILES string of the molecule is COc1ccc(C#N)cc1Cn1cc(C)c(=O)[nH]c1=O. The number of hydrogen-bond donors (Lipinski definition) is 1. The highest BCUT2D eigenvalue weighted by atomic mass is 16.5. The predicted octanol–water partition coefficient (Wildman–Crippen LogP) is 0.774. The smallest absolute Gasteiger partial charge is 0.328 e. The fraction of sp³-hybridized carbons (Fsp3) is 0.214. The van der Waals surface area contributed by atoms with Crippen molar-refractivity contribution in [2.45, 2.75) is 13.5 Å². The highest BCUT2D eigenvalue weighted by molar-refractivity contribution is 5.42. The van der Waals surface area contributed by atoms with Crippen LogP contribution in [0.2, 0.25) is 0 Å². The Morgan fingerprint density at radius 1 is 1.40 bits per heavy atom. The summed E-state index contributed by atoms with van der Waals surface area (Å²) in [6.45, 7) is 1.84. The zero-order valence-corrected chi connectivity index (χ0v) is 11.1. The molecule has 1 heterocycles. The number of rotatable bonds is 3. The molecule has 0 bridgehead atoms. The molecule has 0 unspecified atom stereocenters. The average molecular weight is 271 g/mol. The molecule has 0 saturated heterocycles. The first kappa shape index (κ1) is 13.6. The van der Waals surface area contributed by atoms with E-state index in [1.165, 1.54) is 17.9 Å². The van der Waals surface area contributed by atoms with Gasteiger partial charge in [-0.3, -0.25) is 14.3 Å². The van der Waals surface area contributed by atoms with Gasteiger partial charge in [-0.05, 0) is 25.1 Å². The van der Waals surface area contributed by atoms with E-state index in [2.05, 4.69) is 4.98 Å². The van der Waals surface area contributed by atoms with E-state index >= 15 is 0 Å². The number of ether oxygens (including phenoxy) is 1. The van der Waals surface area contributed by atoms with Gasteiger partial charge in [0.1, 0.15) is 5.75 Å². The number of hydrogen-bond acceptors (Lipinski definition) is 4. The number of nitrogens with zero attached hydrogens (tertiary/aromatic N) is 2. The minimum absolute atomic E-state index is 0.217. The maximum absolute atomic E-state index is 11.8. The van der Waals surface area contributed by atoms with Gasteiger partial charge in [-0.1, -0.05) is 0 Å². The summed E-state index contributed by atoms with van der Waals surface area (Å²) < 4.78 is 6.58. The maximum Gasteiger partial charge on any atom is 0.328 e. The summed E-state index contributed by atoms with van der Waals surface area (Å²) in [5, 5.41) is 8.92. The molecule has 0 aliphatic carbocycles. The Labute approximate surface area is 114 Å². The van der Waals surface area contributed by atoms with Gasteiger partial charge in [-0.2, -0.15) is 5.26 Å². The summed E-state index contributed by atoms with van der Waals surface area (Å²) in [6, 6.07) is 7.02. The lowest BCUT2D eigenvalue weighted by molar-refractivity contribution is 0.408. The van der Waals surface area contributed by atoms with Crippen LogP contribution in [0.5, 0.6) is 5.75 Å². The van der Waals surface area contributed by atoms with Crippen molar-refractivity contribution in [3.05, 3.63) is 61.9 Å². The third kappa shape index (κ3) is 2.62. The molecule has 102 valence electrons. The van der Waals surface area contributed by atoms with Gasteiger partial charge in [0.2, 0.25) is 0 Å². The third-order valence-corrected chi connectivity index (χ3v) is 2.94. The van der Waals surface area contributed by atoms with Crippen LogP contribution in [0.15, 0.2) is 34.0 Å². The molecule has 0 amide bonds. The van der Waals surface area contributed by atoms with E-state index < -0.39 is 11.2 Å². The highest BCUT2D eigenvalue weighted by Gasteiger charge is 2.08. The molecule has 0 atom stereocenters. The van der Waals surface area contributed by atoms with Gasteiger partial charge in [0.25, 0.3) is 5.56 Å². The van der Waals surface area contributed by atoms with Crippen molar-refractivity contribution >= 4 is 0 Å². The zero-order chi connectivity index (χ0) is 14.7. The van der Waals surface area contributed by atoms with Crippen LogP contribution in [0.3, 0.4) is 0 Å². The monoisotopic (exact) mass is 271 g/mol. The number of aryl methyl sites for hydroxylation is 1. The second kappa shape index (κ2) is 5.45. The van der Waals surface area contributed by atoms with Crippen LogP contribution in [-0.4, -0.2) is 16.7 Å². The molecule has 0 aliphatic rings. The summed E-state index contributed by atoms with van der Waals surface area (Å²) in [6.07, 6.45) is 1.49. The lowest BCUT2D eigenvalue weighted by atomic mass is 10.1. The van der Waals surface area contributed by atoms with Crippen LogP contribution in [0, 0.1) is 18.3 Å². The Morgan fingerprint density at radius 2 is 2.15 bits per heavy atom. The Morgan fingerprint density at radius 3 is 2.80 bits per heavy atom. The van der Waals surface area contributed by atoms with Crippen molar-refractivity contribution in [1.82, 2.24) is 9.55 Å². The Hall–Kier alpha value is -2.81. The van der Waals surface area contributed by atoms with E-state index in [0.29, 0.717) is 22.4 Å². The summed E-state index contributed by atoms with van der Waals surface area (Å²) in [4.78, 5) is 25.3. The van der Waals surface area contributed by atoms with Crippen molar-refractivity contribution in [2.75, 3.05) is 7.11 Å². The number of aromatic amines is 1. The molecule has 1 N–H and O–H groups in total. The molecule has 2 aromatic rings. The Bertz CT molecular complexity index is 797. The van der Waals surface area contributed by atoms with E-state index in [1.54, 1.807) is 25.1 Å². The summed E-state index contributed by atoms with van der Waals surface area (Å²) in [7, 11) is 1.52. The fourth-order valence-corrected chi connectivity index (χ4v) is 1.89. The van der Waals surface area contributed by atoms with Gasteiger partial charge < -0.3 is 4.74 Å². The first-order chi connectivity index (χ1) is 9.55. The Kier molecular flexibility index (Phi) is 3.71. The van der Waals surface area contributed by atoms with Crippen LogP contribution in [-0.2, 0) is 6.54 Å². The number of methoxy groups -OCH3 is 1. The minimum Gasteiger partial charge on any atom is -0.496 e. The molecular formula is C14H13N3O3. The molecule has 1 aromatic carbocycles. The van der Waals surface area contributed by atoms with Crippen LogP contribution in [0.4, 0.5) is 0 Å². The average Bonchev–Trinajstić information content (AvgIpc) is 2.44. The molecule has 6 heteroatoms. The summed E-state index contributed by atoms with van der Waals surface area (Å²) in [5.41, 5.74) is 0.726. The van der Waals surface area contributed by atoms with Crippen molar-refractivity contribution in [3.63, 3.8) is 0 Å². The summed E-state index contributed by atoms with van der Waals surface area (Å²) in [5.74, 6) is 0.583. The second-order valence-electron chi connectivity index (χ2n) is 4.34. The van der Waals surface area contributed by atoms with Crippen molar-refractivity contribution in [2.24, 2.45) is 0 Å². The topological polar surface area (TPSA) is 87.9 Å². The molecule has 0 spiro atoms. The van der Waals surface area contributed by atoms with Gasteiger partial charge >= 0.3 is 5.69 Å². The largest absolute Gasteiger partial charge is 0.496 e. The number of aromatic nitrogens is 2. The molecule has 6 nitrogen and oxygen atoms in total. The van der Waals surface area contributed by atoms with Gasteiger partial charge in [0.15, 0.2) is 0 Å². The highest BCUT2D eigenvalue weighted by Crippen LogP contribution is 2.20. The fourth-order valence-electron chi connectivity index (χ4n) is 1.89. The molecule has 1 aromatic heterocycles. The number of H-pyrrole nitrogens is 1. The molecule has 20 heavy (non-hydrogen) atoms. The first-order valence-electron chi connectivity index (χ1n) is 5.92. The Balaban J connectivity index is 2.49. The van der Waals surface area contributed by atoms with Crippen molar-refractivity contribution in [3.8, 4) is 11.8 Å². The van der Waals surface area contributed by atoms with Crippen LogP contribution < -0.4 is 16.0 Å². The number of nitriles is 1. The van der Waals surface area contributed by atoms with Crippen LogP contribution in [0.1, 0.15) is 16.7 Å². The van der Waals surface area contributed by atoms with Gasteiger partial charge in [-0.25, -0.2) is 4.79 Å². The van der Waals surface area contributed by atoms with E-state index in [0.717, 1.165) is 0 Å². The van der Waals surface area contributed by atoms with E-state index in [-0.39, 0.29) is 6.54 Å².